The van der Waals surface area contributed by atoms with Crippen LogP contribution < -0.4 is 0 Å². The van der Waals surface area contributed by atoms with Crippen LogP contribution in [0.25, 0.3) is 0 Å². The molecule has 15 heavy (non-hydrogen) atoms. The minimum atomic E-state index is -4.48. The molecule has 0 N–H and O–H groups in total. The Morgan fingerprint density at radius 3 is 2.40 bits per heavy atom. The number of halogens is 4. The van der Waals surface area contributed by atoms with Crippen LogP contribution >= 0.6 is 15.9 Å². The summed E-state index contributed by atoms with van der Waals surface area (Å²) in [5.41, 5.74) is -0.0897. The number of hydrogen-bond donors (Lipinski definition) is 0. The van der Waals surface area contributed by atoms with Crippen molar-refractivity contribution >= 4 is 15.9 Å². The summed E-state index contributed by atoms with van der Waals surface area (Å²) in [6, 6.07) is 3.93. The molecule has 0 saturated heterocycles. The summed E-state index contributed by atoms with van der Waals surface area (Å²) in [5, 5.41) is 8.99. The van der Waals surface area contributed by atoms with Crippen LogP contribution in [-0.4, -0.2) is 0 Å². The van der Waals surface area contributed by atoms with Crippen molar-refractivity contribution in [3.05, 3.63) is 34.4 Å². The predicted octanol–water partition coefficient (Wildman–Crippen LogP) is 3.78. The smallest absolute Gasteiger partial charge is 0.192 e. The predicted molar refractivity (Wildman–Crippen MR) is 53.5 cm³/mol. The molecule has 0 aliphatic heterocycles. The van der Waals surface area contributed by atoms with E-state index in [-0.39, 0.29) is 10.9 Å². The Labute approximate surface area is 93.6 Å². The second-order valence-electron chi connectivity index (χ2n) is 3.03. The topological polar surface area (TPSA) is 23.8 Å². The van der Waals surface area contributed by atoms with Crippen LogP contribution in [0.3, 0.4) is 0 Å². The van der Waals surface area contributed by atoms with E-state index in [4.69, 9.17) is 5.26 Å². The highest BCUT2D eigenvalue weighted by Gasteiger charge is 2.34. The Hall–Kier alpha value is -1.02. The third-order valence-corrected chi connectivity index (χ3v) is 2.66. The van der Waals surface area contributed by atoms with Gasteiger partial charge in [-0.25, -0.2) is 0 Å². The lowest BCUT2D eigenvalue weighted by Crippen LogP contribution is -2.10. The van der Waals surface area contributed by atoms with Gasteiger partial charge in [0.25, 0.3) is 0 Å². The summed E-state index contributed by atoms with van der Waals surface area (Å²) in [6.45, 7) is 1.68. The second kappa shape index (κ2) is 4.23. The zero-order valence-corrected chi connectivity index (χ0v) is 9.41. The average molecular weight is 278 g/mol. The average Bonchev–Trinajstić information content (AvgIpc) is 2.15. The normalized spacial score (nSPS) is 11.2. The molecule has 0 fully saturated rings. The summed E-state index contributed by atoms with van der Waals surface area (Å²) in [5.74, 6) is 0. The van der Waals surface area contributed by atoms with Crippen molar-refractivity contribution in [3.63, 3.8) is 0 Å². The number of nitriles is 1. The number of nitrogens with zero attached hydrogens (tertiary/aromatic N) is 1. The summed E-state index contributed by atoms with van der Waals surface area (Å²) in [7, 11) is 0. The number of aryl methyl sites for hydroxylation is 1. The van der Waals surface area contributed by atoms with E-state index in [1.165, 1.54) is 6.07 Å². The first-order chi connectivity index (χ1) is 6.91. The molecule has 0 unspecified atom stereocenters. The Morgan fingerprint density at radius 1 is 1.40 bits per heavy atom. The van der Waals surface area contributed by atoms with Gasteiger partial charge in [0.05, 0.1) is 11.1 Å². The molecule has 80 valence electrons. The van der Waals surface area contributed by atoms with Gasteiger partial charge < -0.3 is 0 Å². The fraction of sp³-hybridized carbons (Fsp3) is 0.300. The highest BCUT2D eigenvalue weighted by Crippen LogP contribution is 2.34. The van der Waals surface area contributed by atoms with E-state index in [9.17, 15) is 13.2 Å². The molecule has 1 aromatic rings. The van der Waals surface area contributed by atoms with E-state index in [1.54, 1.807) is 13.0 Å². The van der Waals surface area contributed by atoms with Gasteiger partial charge in [0.2, 0.25) is 0 Å². The quantitative estimate of drug-likeness (QED) is 0.717. The summed E-state index contributed by atoms with van der Waals surface area (Å²) in [6.07, 6.45) is -4.48. The summed E-state index contributed by atoms with van der Waals surface area (Å²) >= 11 is 3.08. The maximum atomic E-state index is 12.5. The first kappa shape index (κ1) is 12.1. The Bertz CT molecular complexity index is 418. The van der Waals surface area contributed by atoms with Crippen molar-refractivity contribution in [2.45, 2.75) is 18.4 Å². The first-order valence-electron chi connectivity index (χ1n) is 4.07. The van der Waals surface area contributed by atoms with Gasteiger partial charge in [-0.3, -0.25) is 0 Å². The monoisotopic (exact) mass is 277 g/mol. The lowest BCUT2D eigenvalue weighted by atomic mass is 9.98. The maximum absolute atomic E-state index is 12.5. The molecule has 5 heteroatoms. The Morgan fingerprint density at radius 2 is 2.00 bits per heavy atom. The van der Waals surface area contributed by atoms with Crippen LogP contribution in [0.15, 0.2) is 12.1 Å². The lowest BCUT2D eigenvalue weighted by molar-refractivity contribution is -0.137. The van der Waals surface area contributed by atoms with Gasteiger partial charge in [0, 0.05) is 5.33 Å². The molecule has 0 atom stereocenters. The molecule has 1 nitrogen and oxygen atoms in total. The maximum Gasteiger partial charge on any atom is 0.417 e. The number of benzene rings is 1. The molecule has 0 spiro atoms. The largest absolute Gasteiger partial charge is 0.417 e. The van der Waals surface area contributed by atoms with Crippen molar-refractivity contribution in [1.29, 1.82) is 5.26 Å². The van der Waals surface area contributed by atoms with Crippen molar-refractivity contribution in [2.75, 3.05) is 0 Å². The summed E-state index contributed by atoms with van der Waals surface area (Å²) < 4.78 is 37.6. The number of rotatable bonds is 1. The highest BCUT2D eigenvalue weighted by atomic mass is 79.9. The van der Waals surface area contributed by atoms with E-state index in [2.05, 4.69) is 15.9 Å². The van der Waals surface area contributed by atoms with E-state index < -0.39 is 11.7 Å². The minimum absolute atomic E-state index is 0.242. The van der Waals surface area contributed by atoms with Crippen LogP contribution in [0.2, 0.25) is 0 Å². The fourth-order valence-electron chi connectivity index (χ4n) is 1.29. The fourth-order valence-corrected chi connectivity index (χ4v) is 2.01. The second-order valence-corrected chi connectivity index (χ2v) is 3.59. The number of alkyl halides is 4. The van der Waals surface area contributed by atoms with Gasteiger partial charge in [0.15, 0.2) is 0 Å². The molecule has 0 heterocycles. The molecule has 0 aliphatic carbocycles. The standard InChI is InChI=1S/C10H7BrF3N/c1-6-2-3-9(10(12,13)14)8(5-15)7(6)4-11/h2-3H,4H2,1H3. The van der Waals surface area contributed by atoms with E-state index in [1.807, 2.05) is 0 Å². The molecular weight excluding hydrogens is 271 g/mol. The Kier molecular flexibility index (Phi) is 3.40. The third kappa shape index (κ3) is 2.32. The minimum Gasteiger partial charge on any atom is -0.192 e. The number of hydrogen-bond acceptors (Lipinski definition) is 1. The van der Waals surface area contributed by atoms with Crippen molar-refractivity contribution < 1.29 is 13.2 Å². The van der Waals surface area contributed by atoms with Gasteiger partial charge in [0.1, 0.15) is 6.07 Å². The third-order valence-electron chi connectivity index (χ3n) is 2.10. The van der Waals surface area contributed by atoms with Gasteiger partial charge >= 0.3 is 6.18 Å². The van der Waals surface area contributed by atoms with E-state index in [0.29, 0.717) is 11.1 Å². The SMILES string of the molecule is Cc1ccc(C(F)(F)F)c(C#N)c1CBr. The molecule has 0 amide bonds. The van der Waals surface area contributed by atoms with Gasteiger partial charge in [-0.1, -0.05) is 22.0 Å². The van der Waals surface area contributed by atoms with Crippen LogP contribution in [0.1, 0.15) is 22.3 Å². The molecule has 1 rings (SSSR count). The van der Waals surface area contributed by atoms with Crippen molar-refractivity contribution in [1.82, 2.24) is 0 Å². The van der Waals surface area contributed by atoms with Crippen molar-refractivity contribution in [2.24, 2.45) is 0 Å². The van der Waals surface area contributed by atoms with Crippen LogP contribution in [0.5, 0.6) is 0 Å². The van der Waals surface area contributed by atoms with Crippen LogP contribution in [0.4, 0.5) is 13.2 Å². The van der Waals surface area contributed by atoms with E-state index >= 15 is 0 Å². The van der Waals surface area contributed by atoms with Crippen molar-refractivity contribution in [3.8, 4) is 6.07 Å². The highest BCUT2D eigenvalue weighted by molar-refractivity contribution is 9.08. The van der Waals surface area contributed by atoms with Gasteiger partial charge in [-0.2, -0.15) is 18.4 Å². The van der Waals surface area contributed by atoms with Gasteiger partial charge in [-0.05, 0) is 24.1 Å². The van der Waals surface area contributed by atoms with Gasteiger partial charge in [-0.15, -0.1) is 0 Å². The van der Waals surface area contributed by atoms with E-state index in [0.717, 1.165) is 6.07 Å². The van der Waals surface area contributed by atoms with Crippen LogP contribution in [-0.2, 0) is 11.5 Å². The van der Waals surface area contributed by atoms with Crippen LogP contribution in [0, 0.1) is 18.3 Å². The molecular formula is C10H7BrF3N. The molecule has 0 aromatic heterocycles. The summed E-state index contributed by atoms with van der Waals surface area (Å²) in [4.78, 5) is 0. The zero-order chi connectivity index (χ0) is 11.6. The zero-order valence-electron chi connectivity index (χ0n) is 7.82. The molecule has 0 bridgehead atoms. The molecule has 0 saturated carbocycles. The molecule has 0 aliphatic rings. The Balaban J connectivity index is 3.51. The molecule has 1 aromatic carbocycles. The molecule has 0 radical (unpaired) electrons. The first-order valence-corrected chi connectivity index (χ1v) is 5.19. The lowest BCUT2D eigenvalue weighted by Gasteiger charge is -2.12.